The lowest BCUT2D eigenvalue weighted by Crippen LogP contribution is -2.47. The van der Waals surface area contributed by atoms with Crippen LogP contribution in [0.1, 0.15) is 28.9 Å². The third kappa shape index (κ3) is 3.90. The Balaban J connectivity index is 1.18. The molecule has 2 saturated heterocycles. The van der Waals surface area contributed by atoms with Gasteiger partial charge in [0.05, 0.1) is 18.9 Å². The van der Waals surface area contributed by atoms with Crippen molar-refractivity contribution in [3.63, 3.8) is 0 Å². The number of piperidine rings is 1. The molecule has 0 N–H and O–H groups in total. The number of nitrogens with zero attached hydrogens (tertiary/aromatic N) is 3. The minimum absolute atomic E-state index is 0.0785. The Labute approximate surface area is 173 Å². The molecule has 0 radical (unpaired) electrons. The number of thioether (sulfide) groups is 1. The lowest BCUT2D eigenvalue weighted by atomic mass is 10.0. The Morgan fingerprint density at radius 2 is 1.83 bits per heavy atom. The zero-order valence-electron chi connectivity index (χ0n) is 16.1. The van der Waals surface area contributed by atoms with E-state index in [0.717, 1.165) is 40.4 Å². The minimum Gasteiger partial charge on any atom is -0.347 e. The third-order valence-electron chi connectivity index (χ3n) is 5.53. The number of carbonyl (C=O) groups is 1. The molecule has 7 heteroatoms. The maximum absolute atomic E-state index is 12.8. The van der Waals surface area contributed by atoms with E-state index < -0.39 is 5.79 Å². The van der Waals surface area contributed by atoms with Gasteiger partial charge in [-0.1, -0.05) is 6.07 Å². The van der Waals surface area contributed by atoms with Gasteiger partial charge in [-0.2, -0.15) is 0 Å². The van der Waals surface area contributed by atoms with Crippen LogP contribution in [0.15, 0.2) is 59.8 Å². The summed E-state index contributed by atoms with van der Waals surface area (Å²) in [5.74, 6) is 0.424. The summed E-state index contributed by atoms with van der Waals surface area (Å²) < 4.78 is 13.5. The van der Waals surface area contributed by atoms with E-state index in [4.69, 9.17) is 9.47 Å². The Bertz CT molecular complexity index is 969. The number of amides is 1. The van der Waals surface area contributed by atoms with E-state index in [0.29, 0.717) is 26.3 Å². The minimum atomic E-state index is -0.449. The number of fused-ring (bicyclic) bond motifs is 1. The molecule has 2 aliphatic rings. The van der Waals surface area contributed by atoms with Gasteiger partial charge in [-0.3, -0.25) is 4.79 Å². The summed E-state index contributed by atoms with van der Waals surface area (Å²) in [6, 6.07) is 13.9. The van der Waals surface area contributed by atoms with Crippen LogP contribution in [0.2, 0.25) is 0 Å². The van der Waals surface area contributed by atoms with Crippen molar-refractivity contribution in [1.82, 2.24) is 14.3 Å². The second kappa shape index (κ2) is 7.82. The number of imidazole rings is 1. The number of rotatable bonds is 4. The fourth-order valence-corrected chi connectivity index (χ4v) is 4.71. The van der Waals surface area contributed by atoms with Gasteiger partial charge in [0, 0.05) is 54.5 Å². The van der Waals surface area contributed by atoms with Crippen LogP contribution in [-0.4, -0.2) is 52.3 Å². The van der Waals surface area contributed by atoms with Crippen LogP contribution in [-0.2, 0) is 15.2 Å². The van der Waals surface area contributed by atoms with E-state index in [9.17, 15) is 4.79 Å². The highest BCUT2D eigenvalue weighted by atomic mass is 32.2. The van der Waals surface area contributed by atoms with Crippen LogP contribution in [0.4, 0.5) is 0 Å². The molecule has 150 valence electrons. The summed E-state index contributed by atoms with van der Waals surface area (Å²) >= 11 is 1.72. The monoisotopic (exact) mass is 409 g/mol. The molecule has 6 nitrogen and oxygen atoms in total. The van der Waals surface area contributed by atoms with Crippen LogP contribution in [0.5, 0.6) is 0 Å². The topological polar surface area (TPSA) is 56.1 Å². The predicted molar refractivity (Wildman–Crippen MR) is 111 cm³/mol. The molecule has 29 heavy (non-hydrogen) atoms. The molecule has 0 saturated carbocycles. The van der Waals surface area contributed by atoms with Crippen LogP contribution >= 0.6 is 11.8 Å². The number of hydrogen-bond donors (Lipinski definition) is 0. The van der Waals surface area contributed by atoms with Gasteiger partial charge in [-0.05, 0) is 36.4 Å². The third-order valence-corrected chi connectivity index (χ3v) is 6.57. The van der Waals surface area contributed by atoms with Crippen molar-refractivity contribution in [2.75, 3.05) is 26.3 Å². The first kappa shape index (κ1) is 18.7. The molecule has 0 aliphatic carbocycles. The molecule has 3 aromatic rings. The van der Waals surface area contributed by atoms with Crippen LogP contribution in [0, 0.1) is 0 Å². The first-order valence-electron chi connectivity index (χ1n) is 9.94. The smallest absolute Gasteiger partial charge is 0.253 e. The summed E-state index contributed by atoms with van der Waals surface area (Å²) in [5, 5.41) is 0. The standard InChI is InChI=1S/C22H23N3O3S/c26-21(24-11-8-22(9-12-24)27-13-14-28-22)17-4-6-19(7-5-17)29-16-18-15-25-10-2-1-3-20(25)23-18/h1-7,10,15H,8-9,11-14,16H2. The summed E-state index contributed by atoms with van der Waals surface area (Å²) in [6.45, 7) is 2.65. The zero-order valence-corrected chi connectivity index (χ0v) is 16.9. The Hall–Kier alpha value is -2.35. The number of aromatic nitrogens is 2. The first-order chi connectivity index (χ1) is 14.2. The SMILES string of the molecule is O=C(c1ccc(SCc2cn3ccccc3n2)cc1)N1CCC2(CC1)OCCO2. The number of likely N-dealkylation sites (tertiary alicyclic amines) is 1. The molecule has 1 amide bonds. The van der Waals surface area contributed by atoms with E-state index >= 15 is 0 Å². The van der Waals surface area contributed by atoms with Gasteiger partial charge in [0.1, 0.15) is 5.65 Å². The van der Waals surface area contributed by atoms with Gasteiger partial charge in [-0.15, -0.1) is 11.8 Å². The van der Waals surface area contributed by atoms with Gasteiger partial charge < -0.3 is 18.8 Å². The van der Waals surface area contributed by atoms with Gasteiger partial charge >= 0.3 is 0 Å². The Kier molecular flexibility index (Phi) is 5.03. The average molecular weight is 410 g/mol. The molecule has 1 aromatic carbocycles. The van der Waals surface area contributed by atoms with Crippen LogP contribution in [0.25, 0.3) is 5.65 Å². The number of benzene rings is 1. The van der Waals surface area contributed by atoms with E-state index in [1.54, 1.807) is 11.8 Å². The van der Waals surface area contributed by atoms with Crippen molar-refractivity contribution in [3.05, 3.63) is 66.1 Å². The maximum atomic E-state index is 12.8. The maximum Gasteiger partial charge on any atom is 0.253 e. The Morgan fingerprint density at radius 3 is 2.55 bits per heavy atom. The van der Waals surface area contributed by atoms with Crippen LogP contribution < -0.4 is 0 Å². The zero-order chi connectivity index (χ0) is 19.7. The molecular weight excluding hydrogens is 386 g/mol. The van der Waals surface area contributed by atoms with E-state index in [-0.39, 0.29) is 5.91 Å². The molecule has 2 fully saturated rings. The van der Waals surface area contributed by atoms with Crippen molar-refractivity contribution >= 4 is 23.3 Å². The van der Waals surface area contributed by atoms with Crippen molar-refractivity contribution < 1.29 is 14.3 Å². The molecule has 1 spiro atoms. The molecule has 4 heterocycles. The predicted octanol–water partition coefficient (Wildman–Crippen LogP) is 3.61. The Morgan fingerprint density at radius 1 is 1.07 bits per heavy atom. The summed E-state index contributed by atoms with van der Waals surface area (Å²) in [5.41, 5.74) is 2.73. The molecule has 0 atom stereocenters. The number of ether oxygens (including phenoxy) is 2. The first-order valence-corrected chi connectivity index (χ1v) is 10.9. The largest absolute Gasteiger partial charge is 0.347 e. The van der Waals surface area contributed by atoms with Gasteiger partial charge in [0.15, 0.2) is 5.79 Å². The molecule has 5 rings (SSSR count). The van der Waals surface area contributed by atoms with Crippen molar-refractivity contribution in [3.8, 4) is 0 Å². The lowest BCUT2D eigenvalue weighted by molar-refractivity contribution is -0.181. The summed E-state index contributed by atoms with van der Waals surface area (Å²) in [6.07, 6.45) is 5.54. The second-order valence-corrected chi connectivity index (χ2v) is 8.46. The fraction of sp³-hybridized carbons (Fsp3) is 0.364. The van der Waals surface area contributed by atoms with E-state index in [2.05, 4.69) is 11.2 Å². The van der Waals surface area contributed by atoms with Crippen molar-refractivity contribution in [2.45, 2.75) is 29.3 Å². The molecule has 2 aliphatic heterocycles. The normalized spacial score (nSPS) is 18.6. The van der Waals surface area contributed by atoms with E-state index in [1.807, 2.05) is 58.0 Å². The highest BCUT2D eigenvalue weighted by molar-refractivity contribution is 7.98. The summed E-state index contributed by atoms with van der Waals surface area (Å²) in [4.78, 5) is 20.5. The molecule has 2 aromatic heterocycles. The number of hydrogen-bond acceptors (Lipinski definition) is 5. The number of pyridine rings is 1. The molecule has 0 bridgehead atoms. The average Bonchev–Trinajstić information content (AvgIpc) is 3.39. The van der Waals surface area contributed by atoms with Crippen molar-refractivity contribution in [1.29, 1.82) is 0 Å². The van der Waals surface area contributed by atoms with E-state index in [1.165, 1.54) is 0 Å². The molecular formula is C22H23N3O3S. The van der Waals surface area contributed by atoms with Crippen LogP contribution in [0.3, 0.4) is 0 Å². The quantitative estimate of drug-likeness (QED) is 0.616. The summed E-state index contributed by atoms with van der Waals surface area (Å²) in [7, 11) is 0. The molecule has 0 unspecified atom stereocenters. The van der Waals surface area contributed by atoms with Gasteiger partial charge in [-0.25, -0.2) is 4.98 Å². The lowest BCUT2D eigenvalue weighted by Gasteiger charge is -2.37. The second-order valence-electron chi connectivity index (χ2n) is 7.41. The van der Waals surface area contributed by atoms with Gasteiger partial charge in [0.2, 0.25) is 0 Å². The fourth-order valence-electron chi connectivity index (χ4n) is 3.93. The highest BCUT2D eigenvalue weighted by Crippen LogP contribution is 2.32. The highest BCUT2D eigenvalue weighted by Gasteiger charge is 2.40. The number of carbonyl (C=O) groups excluding carboxylic acids is 1. The van der Waals surface area contributed by atoms with Gasteiger partial charge in [0.25, 0.3) is 5.91 Å². The van der Waals surface area contributed by atoms with Crippen molar-refractivity contribution in [2.24, 2.45) is 0 Å².